The molecule has 5 heteroatoms. The number of allylic oxidation sites excluding steroid dienone is 1. The number of carbonyl (C=O) groups excluding carboxylic acids is 2. The fourth-order valence-corrected chi connectivity index (χ4v) is 3.00. The number of rotatable bonds is 3. The van der Waals surface area contributed by atoms with E-state index < -0.39 is 0 Å². The van der Waals surface area contributed by atoms with E-state index in [1.54, 1.807) is 0 Å². The maximum atomic E-state index is 12.2. The summed E-state index contributed by atoms with van der Waals surface area (Å²) in [6, 6.07) is 3.73. The molecule has 1 saturated heterocycles. The van der Waals surface area contributed by atoms with E-state index in [0.29, 0.717) is 26.2 Å². The first-order valence-corrected chi connectivity index (χ1v) is 7.80. The maximum absolute atomic E-state index is 12.2. The average Bonchev–Trinajstić information content (AvgIpc) is 3.00. The van der Waals surface area contributed by atoms with Crippen LogP contribution in [0.4, 0.5) is 0 Å². The molecule has 1 aliphatic heterocycles. The lowest BCUT2D eigenvalue weighted by Gasteiger charge is -2.34. The standard InChI is InChI=1S/C15H20N2O2S/c1-3-5-12(2)14(18)16-7-9-17(10-8-16)15(19)13-6-4-11-20-13/h4-6,11H,3,7-10H2,1-2H3/b12-5+. The second-order valence-corrected chi connectivity index (χ2v) is 5.80. The summed E-state index contributed by atoms with van der Waals surface area (Å²) in [4.78, 5) is 28.8. The van der Waals surface area contributed by atoms with Crippen molar-refractivity contribution >= 4 is 23.2 Å². The largest absolute Gasteiger partial charge is 0.335 e. The lowest BCUT2D eigenvalue weighted by Crippen LogP contribution is -2.50. The summed E-state index contributed by atoms with van der Waals surface area (Å²) in [6.45, 7) is 6.34. The van der Waals surface area contributed by atoms with Gasteiger partial charge in [-0.2, -0.15) is 0 Å². The van der Waals surface area contributed by atoms with Gasteiger partial charge >= 0.3 is 0 Å². The Bertz CT molecular complexity index is 500. The molecule has 0 aliphatic carbocycles. The van der Waals surface area contributed by atoms with E-state index in [1.165, 1.54) is 11.3 Å². The van der Waals surface area contributed by atoms with Crippen molar-refractivity contribution in [2.75, 3.05) is 26.2 Å². The SMILES string of the molecule is CC/C=C(\C)C(=O)N1CCN(C(=O)c2cccs2)CC1. The molecule has 0 saturated carbocycles. The predicted molar refractivity (Wildman–Crippen MR) is 80.9 cm³/mol. The minimum atomic E-state index is 0.0768. The van der Waals surface area contributed by atoms with Gasteiger partial charge in [-0.15, -0.1) is 11.3 Å². The second-order valence-electron chi connectivity index (χ2n) is 4.86. The predicted octanol–water partition coefficient (Wildman–Crippen LogP) is 2.39. The second kappa shape index (κ2) is 6.70. The minimum absolute atomic E-state index is 0.0768. The van der Waals surface area contributed by atoms with Crippen LogP contribution in [0.2, 0.25) is 0 Å². The molecule has 20 heavy (non-hydrogen) atoms. The summed E-state index contributed by atoms with van der Waals surface area (Å²) in [5.74, 6) is 0.169. The quantitative estimate of drug-likeness (QED) is 0.803. The number of nitrogens with zero attached hydrogens (tertiary/aromatic N) is 2. The summed E-state index contributed by atoms with van der Waals surface area (Å²) in [5.41, 5.74) is 0.797. The van der Waals surface area contributed by atoms with Crippen molar-refractivity contribution in [3.63, 3.8) is 0 Å². The van der Waals surface area contributed by atoms with Gasteiger partial charge in [0.05, 0.1) is 4.88 Å². The molecule has 4 nitrogen and oxygen atoms in total. The first-order valence-electron chi connectivity index (χ1n) is 6.92. The highest BCUT2D eigenvalue weighted by Gasteiger charge is 2.25. The maximum Gasteiger partial charge on any atom is 0.264 e. The first-order chi connectivity index (χ1) is 9.63. The fraction of sp³-hybridized carbons (Fsp3) is 0.467. The van der Waals surface area contributed by atoms with Crippen molar-refractivity contribution in [1.82, 2.24) is 9.80 Å². The molecule has 0 bridgehead atoms. The van der Waals surface area contributed by atoms with Gasteiger partial charge in [0.2, 0.25) is 5.91 Å². The Morgan fingerprint density at radius 3 is 2.45 bits per heavy atom. The van der Waals surface area contributed by atoms with Crippen molar-refractivity contribution in [1.29, 1.82) is 0 Å². The van der Waals surface area contributed by atoms with Crippen LogP contribution in [0.5, 0.6) is 0 Å². The third kappa shape index (κ3) is 3.28. The van der Waals surface area contributed by atoms with Gasteiger partial charge in [0.15, 0.2) is 0 Å². The molecular weight excluding hydrogens is 272 g/mol. The molecule has 0 spiro atoms. The highest BCUT2D eigenvalue weighted by atomic mass is 32.1. The van der Waals surface area contributed by atoms with E-state index in [2.05, 4.69) is 0 Å². The van der Waals surface area contributed by atoms with Crippen LogP contribution < -0.4 is 0 Å². The zero-order valence-corrected chi connectivity index (χ0v) is 12.8. The molecule has 2 rings (SSSR count). The normalized spacial score (nSPS) is 16.4. The number of hydrogen-bond donors (Lipinski definition) is 0. The lowest BCUT2D eigenvalue weighted by atomic mass is 10.2. The zero-order chi connectivity index (χ0) is 14.5. The van der Waals surface area contributed by atoms with Crippen molar-refractivity contribution in [3.8, 4) is 0 Å². The van der Waals surface area contributed by atoms with Crippen molar-refractivity contribution in [3.05, 3.63) is 34.0 Å². The van der Waals surface area contributed by atoms with E-state index in [0.717, 1.165) is 16.9 Å². The van der Waals surface area contributed by atoms with Crippen LogP contribution >= 0.6 is 11.3 Å². The molecule has 0 unspecified atom stereocenters. The summed E-state index contributed by atoms with van der Waals surface area (Å²) in [7, 11) is 0. The van der Waals surface area contributed by atoms with Gasteiger partial charge in [0.25, 0.3) is 5.91 Å². The number of amides is 2. The summed E-state index contributed by atoms with van der Waals surface area (Å²) >= 11 is 1.46. The van der Waals surface area contributed by atoms with Gasteiger partial charge in [0, 0.05) is 31.8 Å². The highest BCUT2D eigenvalue weighted by molar-refractivity contribution is 7.12. The Balaban J connectivity index is 1.91. The van der Waals surface area contributed by atoms with Gasteiger partial charge in [-0.05, 0) is 24.8 Å². The summed E-state index contributed by atoms with van der Waals surface area (Å²) in [6.07, 6.45) is 2.82. The summed E-state index contributed by atoms with van der Waals surface area (Å²) < 4.78 is 0. The Hall–Kier alpha value is -1.62. The Morgan fingerprint density at radius 1 is 1.25 bits per heavy atom. The molecule has 2 heterocycles. The molecule has 1 aromatic rings. The third-order valence-corrected chi connectivity index (χ3v) is 4.29. The van der Waals surface area contributed by atoms with E-state index in [1.807, 2.05) is 47.2 Å². The van der Waals surface area contributed by atoms with Gasteiger partial charge in [-0.3, -0.25) is 9.59 Å². The molecule has 108 valence electrons. The van der Waals surface area contributed by atoms with Crippen LogP contribution in [0, 0.1) is 0 Å². The van der Waals surface area contributed by atoms with Gasteiger partial charge in [-0.1, -0.05) is 19.1 Å². The van der Waals surface area contributed by atoms with Gasteiger partial charge in [-0.25, -0.2) is 0 Å². The van der Waals surface area contributed by atoms with Crippen LogP contribution in [0.15, 0.2) is 29.2 Å². The van der Waals surface area contributed by atoms with E-state index in [4.69, 9.17) is 0 Å². The monoisotopic (exact) mass is 292 g/mol. The number of thiophene rings is 1. The first kappa shape index (κ1) is 14.8. The smallest absolute Gasteiger partial charge is 0.264 e. The van der Waals surface area contributed by atoms with Crippen molar-refractivity contribution in [2.45, 2.75) is 20.3 Å². The topological polar surface area (TPSA) is 40.6 Å². The summed E-state index contributed by atoms with van der Waals surface area (Å²) in [5, 5.41) is 1.91. The molecule has 0 N–H and O–H groups in total. The Kier molecular flexibility index (Phi) is 4.95. The van der Waals surface area contributed by atoms with E-state index in [-0.39, 0.29) is 11.8 Å². The van der Waals surface area contributed by atoms with Crippen LogP contribution in [0.1, 0.15) is 29.9 Å². The van der Waals surface area contributed by atoms with Crippen LogP contribution in [-0.2, 0) is 4.79 Å². The van der Waals surface area contributed by atoms with E-state index in [9.17, 15) is 9.59 Å². The molecular formula is C15H20N2O2S. The van der Waals surface area contributed by atoms with Gasteiger partial charge in [0.1, 0.15) is 0 Å². The third-order valence-electron chi connectivity index (χ3n) is 3.43. The molecule has 1 aromatic heterocycles. The molecule has 1 aliphatic rings. The van der Waals surface area contributed by atoms with Crippen molar-refractivity contribution in [2.24, 2.45) is 0 Å². The molecule has 1 fully saturated rings. The zero-order valence-electron chi connectivity index (χ0n) is 12.0. The Labute approximate surface area is 123 Å². The molecule has 0 atom stereocenters. The number of hydrogen-bond acceptors (Lipinski definition) is 3. The van der Waals surface area contributed by atoms with Crippen LogP contribution in [-0.4, -0.2) is 47.8 Å². The van der Waals surface area contributed by atoms with Crippen molar-refractivity contribution < 1.29 is 9.59 Å². The van der Waals surface area contributed by atoms with Crippen LogP contribution in [0.3, 0.4) is 0 Å². The van der Waals surface area contributed by atoms with Gasteiger partial charge < -0.3 is 9.80 Å². The number of piperazine rings is 1. The highest BCUT2D eigenvalue weighted by Crippen LogP contribution is 2.14. The number of carbonyl (C=O) groups is 2. The molecule has 0 aromatic carbocycles. The average molecular weight is 292 g/mol. The minimum Gasteiger partial charge on any atom is -0.335 e. The van der Waals surface area contributed by atoms with E-state index >= 15 is 0 Å². The molecule has 0 radical (unpaired) electrons. The Morgan fingerprint density at radius 2 is 1.90 bits per heavy atom. The lowest BCUT2D eigenvalue weighted by molar-refractivity contribution is -0.128. The van der Waals surface area contributed by atoms with Crippen LogP contribution in [0.25, 0.3) is 0 Å². The molecule has 2 amide bonds. The fourth-order valence-electron chi connectivity index (χ4n) is 2.31.